The van der Waals surface area contributed by atoms with Gasteiger partial charge in [0.2, 0.25) is 0 Å². The largest absolute Gasteiger partial charge is 0.494 e. The first-order chi connectivity index (χ1) is 8.35. The fourth-order valence-electron chi connectivity index (χ4n) is 2.52. The van der Waals surface area contributed by atoms with Gasteiger partial charge in [-0.15, -0.1) is 0 Å². The van der Waals surface area contributed by atoms with Crippen molar-refractivity contribution in [1.82, 2.24) is 5.32 Å². The van der Waals surface area contributed by atoms with Gasteiger partial charge in [-0.1, -0.05) is 12.1 Å². The highest BCUT2D eigenvalue weighted by Crippen LogP contribution is 2.29. The molecular weight excluding hydrogens is 214 g/mol. The van der Waals surface area contributed by atoms with Crippen LogP contribution in [0.25, 0.3) is 0 Å². The van der Waals surface area contributed by atoms with Crippen LogP contribution in [0.4, 0.5) is 0 Å². The Hall–Kier alpha value is -1.06. The fourth-order valence-corrected chi connectivity index (χ4v) is 2.52. The highest BCUT2D eigenvalue weighted by atomic mass is 16.5. The maximum atomic E-state index is 9.37. The third-order valence-corrected chi connectivity index (χ3v) is 3.40. The third kappa shape index (κ3) is 2.99. The predicted molar refractivity (Wildman–Crippen MR) is 68.5 cm³/mol. The van der Waals surface area contributed by atoms with Gasteiger partial charge < -0.3 is 15.2 Å². The Labute approximate surface area is 103 Å². The number of rotatable bonds is 4. The quantitative estimate of drug-likeness (QED) is 0.837. The zero-order chi connectivity index (χ0) is 12.1. The van der Waals surface area contributed by atoms with Gasteiger partial charge in [-0.2, -0.15) is 0 Å². The molecule has 1 aliphatic heterocycles. The van der Waals surface area contributed by atoms with E-state index in [1.807, 2.05) is 19.1 Å². The van der Waals surface area contributed by atoms with Gasteiger partial charge in [0.05, 0.1) is 13.2 Å². The Morgan fingerprint density at radius 1 is 1.35 bits per heavy atom. The maximum Gasteiger partial charge on any atom is 0.119 e. The molecule has 1 heterocycles. The molecule has 1 saturated heterocycles. The zero-order valence-electron chi connectivity index (χ0n) is 10.4. The summed E-state index contributed by atoms with van der Waals surface area (Å²) >= 11 is 0. The molecule has 0 amide bonds. The molecule has 2 rings (SSSR count). The highest BCUT2D eigenvalue weighted by molar-refractivity contribution is 5.30. The molecule has 0 aromatic heterocycles. The topological polar surface area (TPSA) is 41.5 Å². The number of aliphatic hydroxyl groups is 1. The van der Waals surface area contributed by atoms with Gasteiger partial charge in [-0.3, -0.25) is 0 Å². The van der Waals surface area contributed by atoms with Crippen LogP contribution in [-0.4, -0.2) is 30.9 Å². The van der Waals surface area contributed by atoms with Crippen LogP contribution in [0.5, 0.6) is 5.75 Å². The molecular formula is C14H21NO2. The average molecular weight is 235 g/mol. The smallest absolute Gasteiger partial charge is 0.119 e. The number of aliphatic hydroxyl groups excluding tert-OH is 1. The molecule has 0 spiro atoms. The van der Waals surface area contributed by atoms with Crippen LogP contribution in [-0.2, 0) is 0 Å². The van der Waals surface area contributed by atoms with E-state index in [9.17, 15) is 5.11 Å². The van der Waals surface area contributed by atoms with E-state index < -0.39 is 0 Å². The summed E-state index contributed by atoms with van der Waals surface area (Å²) in [5.74, 6) is 1.34. The zero-order valence-corrected chi connectivity index (χ0v) is 10.4. The Morgan fingerprint density at radius 2 is 2.12 bits per heavy atom. The first-order valence-electron chi connectivity index (χ1n) is 6.42. The van der Waals surface area contributed by atoms with E-state index in [0.717, 1.165) is 18.7 Å². The van der Waals surface area contributed by atoms with Crippen molar-refractivity contribution >= 4 is 0 Å². The van der Waals surface area contributed by atoms with E-state index in [1.165, 1.54) is 12.0 Å². The summed E-state index contributed by atoms with van der Waals surface area (Å²) in [6, 6.07) is 8.46. The second-order valence-corrected chi connectivity index (χ2v) is 4.49. The van der Waals surface area contributed by atoms with Crippen molar-refractivity contribution in [1.29, 1.82) is 0 Å². The minimum Gasteiger partial charge on any atom is -0.494 e. The Balaban J connectivity index is 2.09. The van der Waals surface area contributed by atoms with Gasteiger partial charge in [0, 0.05) is 12.0 Å². The number of piperidine rings is 1. The van der Waals surface area contributed by atoms with Crippen LogP contribution in [0.1, 0.15) is 31.2 Å². The number of nitrogens with one attached hydrogen (secondary N) is 1. The molecule has 1 aromatic rings. The van der Waals surface area contributed by atoms with Gasteiger partial charge in [0.25, 0.3) is 0 Å². The number of ether oxygens (including phenoxy) is 1. The molecule has 2 atom stereocenters. The Kier molecular flexibility index (Phi) is 4.40. The second-order valence-electron chi connectivity index (χ2n) is 4.49. The number of benzene rings is 1. The van der Waals surface area contributed by atoms with Crippen molar-refractivity contribution in [3.05, 3.63) is 29.8 Å². The van der Waals surface area contributed by atoms with Gasteiger partial charge >= 0.3 is 0 Å². The summed E-state index contributed by atoms with van der Waals surface area (Å²) in [7, 11) is 0. The summed E-state index contributed by atoms with van der Waals surface area (Å²) < 4.78 is 5.44. The summed E-state index contributed by atoms with van der Waals surface area (Å²) in [5, 5.41) is 12.8. The minimum atomic E-state index is 0.196. The molecule has 2 N–H and O–H groups in total. The molecule has 0 radical (unpaired) electrons. The first-order valence-corrected chi connectivity index (χ1v) is 6.42. The van der Waals surface area contributed by atoms with Crippen molar-refractivity contribution < 1.29 is 9.84 Å². The Bertz CT molecular complexity index is 337. The van der Waals surface area contributed by atoms with E-state index >= 15 is 0 Å². The monoisotopic (exact) mass is 235 g/mol. The van der Waals surface area contributed by atoms with E-state index in [0.29, 0.717) is 12.5 Å². The van der Waals surface area contributed by atoms with Gasteiger partial charge in [-0.05, 0) is 44.0 Å². The highest BCUT2D eigenvalue weighted by Gasteiger charge is 2.25. The van der Waals surface area contributed by atoms with Crippen molar-refractivity contribution in [2.75, 3.05) is 19.8 Å². The molecule has 0 aliphatic carbocycles. The number of hydrogen-bond donors (Lipinski definition) is 2. The fraction of sp³-hybridized carbons (Fsp3) is 0.571. The van der Waals surface area contributed by atoms with Crippen LogP contribution >= 0.6 is 0 Å². The lowest BCUT2D eigenvalue weighted by atomic mass is 9.85. The minimum absolute atomic E-state index is 0.196. The van der Waals surface area contributed by atoms with Gasteiger partial charge in [0.1, 0.15) is 5.75 Å². The first kappa shape index (κ1) is 12.4. The molecule has 3 heteroatoms. The normalized spacial score (nSPS) is 24.6. The van der Waals surface area contributed by atoms with Crippen LogP contribution in [0.2, 0.25) is 0 Å². The van der Waals surface area contributed by atoms with Crippen LogP contribution in [0.15, 0.2) is 24.3 Å². The standard InChI is InChI=1S/C14H21NO2/c1-2-17-12-7-5-11(6-8-12)13-4-3-9-15-14(13)10-16/h5-8,13-16H,2-4,9-10H2,1H3. The molecule has 2 unspecified atom stereocenters. The van der Waals surface area contributed by atoms with Gasteiger partial charge in [-0.25, -0.2) is 0 Å². The van der Waals surface area contributed by atoms with Crippen LogP contribution < -0.4 is 10.1 Å². The van der Waals surface area contributed by atoms with E-state index in [4.69, 9.17) is 4.74 Å². The molecule has 1 fully saturated rings. The lowest BCUT2D eigenvalue weighted by Crippen LogP contribution is -2.42. The second kappa shape index (κ2) is 6.03. The summed E-state index contributed by atoms with van der Waals surface area (Å²) in [6.45, 7) is 3.90. The molecule has 0 bridgehead atoms. The molecule has 94 valence electrons. The molecule has 3 nitrogen and oxygen atoms in total. The molecule has 17 heavy (non-hydrogen) atoms. The SMILES string of the molecule is CCOc1ccc(C2CCCNC2CO)cc1. The van der Waals surface area contributed by atoms with Crippen LogP contribution in [0.3, 0.4) is 0 Å². The summed E-state index contributed by atoms with van der Waals surface area (Å²) in [4.78, 5) is 0. The lowest BCUT2D eigenvalue weighted by molar-refractivity contribution is 0.202. The van der Waals surface area contributed by atoms with Crippen molar-refractivity contribution in [3.63, 3.8) is 0 Å². The maximum absolute atomic E-state index is 9.37. The van der Waals surface area contributed by atoms with Crippen LogP contribution in [0, 0.1) is 0 Å². The lowest BCUT2D eigenvalue weighted by Gasteiger charge is -2.31. The molecule has 1 aromatic carbocycles. The van der Waals surface area contributed by atoms with Crippen molar-refractivity contribution in [2.45, 2.75) is 31.7 Å². The number of hydrogen-bond acceptors (Lipinski definition) is 3. The molecule has 0 saturated carbocycles. The summed E-state index contributed by atoms with van der Waals surface area (Å²) in [5.41, 5.74) is 1.29. The molecule has 1 aliphatic rings. The van der Waals surface area contributed by atoms with E-state index in [1.54, 1.807) is 0 Å². The van der Waals surface area contributed by atoms with Gasteiger partial charge in [0.15, 0.2) is 0 Å². The van der Waals surface area contributed by atoms with E-state index in [2.05, 4.69) is 17.4 Å². The van der Waals surface area contributed by atoms with Crippen molar-refractivity contribution in [2.24, 2.45) is 0 Å². The predicted octanol–water partition coefficient (Wildman–Crippen LogP) is 1.91. The average Bonchev–Trinajstić information content (AvgIpc) is 2.40. The van der Waals surface area contributed by atoms with E-state index in [-0.39, 0.29) is 12.6 Å². The summed E-state index contributed by atoms with van der Waals surface area (Å²) in [6.07, 6.45) is 2.32. The third-order valence-electron chi connectivity index (χ3n) is 3.40. The van der Waals surface area contributed by atoms with Crippen molar-refractivity contribution in [3.8, 4) is 5.75 Å². The Morgan fingerprint density at radius 3 is 2.76 bits per heavy atom.